The standard InChI is InChI=1S/C11H20O.C3H6/c1-3-11(10-12-4-2)8-6-5-7-9-11;1-3-2/h4H,2-3,5-10H2,1H3;3H,1H2,2H3. The zero-order valence-electron chi connectivity index (χ0n) is 10.4. The van der Waals surface area contributed by atoms with Crippen LogP contribution in [0.5, 0.6) is 0 Å². The first-order chi connectivity index (χ1) is 7.24. The summed E-state index contributed by atoms with van der Waals surface area (Å²) in [5, 5.41) is 0. The first kappa shape index (κ1) is 14.3. The Kier molecular flexibility index (Phi) is 8.17. The zero-order valence-corrected chi connectivity index (χ0v) is 10.4. The van der Waals surface area contributed by atoms with E-state index in [1.165, 1.54) is 38.5 Å². The van der Waals surface area contributed by atoms with Gasteiger partial charge in [0.15, 0.2) is 0 Å². The van der Waals surface area contributed by atoms with E-state index in [9.17, 15) is 0 Å². The van der Waals surface area contributed by atoms with Crippen LogP contribution in [-0.2, 0) is 4.74 Å². The number of hydrogen-bond acceptors (Lipinski definition) is 1. The van der Waals surface area contributed by atoms with Crippen LogP contribution in [0.3, 0.4) is 0 Å². The second kappa shape index (κ2) is 8.58. The smallest absolute Gasteiger partial charge is 0.0929 e. The molecule has 1 saturated carbocycles. The Morgan fingerprint density at radius 1 is 1.20 bits per heavy atom. The van der Waals surface area contributed by atoms with Crippen molar-refractivity contribution in [1.82, 2.24) is 0 Å². The molecular weight excluding hydrogens is 184 g/mol. The molecule has 1 rings (SSSR count). The van der Waals surface area contributed by atoms with E-state index in [2.05, 4.69) is 20.1 Å². The van der Waals surface area contributed by atoms with E-state index in [0.717, 1.165) is 6.61 Å². The third-order valence-corrected chi connectivity index (χ3v) is 3.17. The van der Waals surface area contributed by atoms with E-state index in [0.29, 0.717) is 5.41 Å². The fourth-order valence-electron chi connectivity index (χ4n) is 2.14. The third-order valence-electron chi connectivity index (χ3n) is 3.17. The second-order valence-electron chi connectivity index (χ2n) is 4.30. The van der Waals surface area contributed by atoms with Gasteiger partial charge in [-0.1, -0.05) is 38.8 Å². The van der Waals surface area contributed by atoms with Crippen molar-refractivity contribution in [3.63, 3.8) is 0 Å². The molecule has 0 atom stereocenters. The van der Waals surface area contributed by atoms with Crippen LogP contribution >= 0.6 is 0 Å². The lowest BCUT2D eigenvalue weighted by Gasteiger charge is -2.35. The summed E-state index contributed by atoms with van der Waals surface area (Å²) >= 11 is 0. The second-order valence-corrected chi connectivity index (χ2v) is 4.30. The maximum Gasteiger partial charge on any atom is 0.0929 e. The average molecular weight is 210 g/mol. The molecule has 0 aromatic carbocycles. The predicted molar refractivity (Wildman–Crippen MR) is 67.8 cm³/mol. The summed E-state index contributed by atoms with van der Waals surface area (Å²) in [6.45, 7) is 12.0. The van der Waals surface area contributed by atoms with Gasteiger partial charge in [-0.15, -0.1) is 6.58 Å². The van der Waals surface area contributed by atoms with Gasteiger partial charge in [0, 0.05) is 5.41 Å². The van der Waals surface area contributed by atoms with Crippen molar-refractivity contribution in [2.24, 2.45) is 5.41 Å². The van der Waals surface area contributed by atoms with Crippen molar-refractivity contribution in [2.75, 3.05) is 6.61 Å². The molecule has 1 fully saturated rings. The highest BCUT2D eigenvalue weighted by molar-refractivity contribution is 4.81. The molecule has 0 aromatic rings. The van der Waals surface area contributed by atoms with E-state index in [1.54, 1.807) is 12.3 Å². The molecule has 0 aromatic heterocycles. The fourth-order valence-corrected chi connectivity index (χ4v) is 2.14. The quantitative estimate of drug-likeness (QED) is 0.483. The fraction of sp³-hybridized carbons (Fsp3) is 0.714. The summed E-state index contributed by atoms with van der Waals surface area (Å²) in [4.78, 5) is 0. The average Bonchev–Trinajstić information content (AvgIpc) is 2.29. The van der Waals surface area contributed by atoms with Gasteiger partial charge in [-0.05, 0) is 26.2 Å². The summed E-state index contributed by atoms with van der Waals surface area (Å²) in [5.74, 6) is 0. The van der Waals surface area contributed by atoms with Gasteiger partial charge in [0.05, 0.1) is 12.9 Å². The third kappa shape index (κ3) is 5.66. The summed E-state index contributed by atoms with van der Waals surface area (Å²) in [7, 11) is 0. The molecular formula is C14H26O. The summed E-state index contributed by atoms with van der Waals surface area (Å²) in [6, 6.07) is 0. The molecule has 1 heteroatoms. The van der Waals surface area contributed by atoms with Gasteiger partial charge in [-0.25, -0.2) is 0 Å². The highest BCUT2D eigenvalue weighted by Crippen LogP contribution is 2.39. The molecule has 0 spiro atoms. The van der Waals surface area contributed by atoms with Gasteiger partial charge in [-0.3, -0.25) is 0 Å². The zero-order chi connectivity index (χ0) is 11.6. The molecule has 1 aliphatic carbocycles. The van der Waals surface area contributed by atoms with Gasteiger partial charge >= 0.3 is 0 Å². The van der Waals surface area contributed by atoms with Crippen LogP contribution in [0, 0.1) is 5.41 Å². The van der Waals surface area contributed by atoms with E-state index < -0.39 is 0 Å². The van der Waals surface area contributed by atoms with Gasteiger partial charge in [0.1, 0.15) is 0 Å². The minimum Gasteiger partial charge on any atom is -0.501 e. The lowest BCUT2D eigenvalue weighted by Crippen LogP contribution is -2.28. The number of hydrogen-bond donors (Lipinski definition) is 0. The molecule has 0 radical (unpaired) electrons. The number of allylic oxidation sites excluding steroid dienone is 1. The molecule has 1 nitrogen and oxygen atoms in total. The Bertz CT molecular complexity index is 166. The summed E-state index contributed by atoms with van der Waals surface area (Å²) < 4.78 is 5.33. The topological polar surface area (TPSA) is 9.23 Å². The predicted octanol–water partition coefficient (Wildman–Crippen LogP) is 4.70. The van der Waals surface area contributed by atoms with E-state index >= 15 is 0 Å². The van der Waals surface area contributed by atoms with Crippen LogP contribution in [0.2, 0.25) is 0 Å². The highest BCUT2D eigenvalue weighted by Gasteiger charge is 2.30. The highest BCUT2D eigenvalue weighted by atomic mass is 16.5. The van der Waals surface area contributed by atoms with Crippen molar-refractivity contribution in [3.8, 4) is 0 Å². The molecule has 0 aliphatic heterocycles. The van der Waals surface area contributed by atoms with Crippen LogP contribution in [0.1, 0.15) is 52.4 Å². The molecule has 0 amide bonds. The number of ether oxygens (including phenoxy) is 1. The van der Waals surface area contributed by atoms with Gasteiger partial charge in [0.2, 0.25) is 0 Å². The Labute approximate surface area is 95.2 Å². The van der Waals surface area contributed by atoms with Crippen LogP contribution in [0.25, 0.3) is 0 Å². The molecule has 0 heterocycles. The lowest BCUT2D eigenvalue weighted by atomic mass is 9.73. The van der Waals surface area contributed by atoms with Crippen molar-refractivity contribution in [3.05, 3.63) is 25.5 Å². The van der Waals surface area contributed by atoms with E-state index in [1.807, 2.05) is 6.92 Å². The van der Waals surface area contributed by atoms with Crippen molar-refractivity contribution >= 4 is 0 Å². The minimum absolute atomic E-state index is 0.479. The molecule has 0 bridgehead atoms. The van der Waals surface area contributed by atoms with Crippen LogP contribution in [-0.4, -0.2) is 6.61 Å². The Balaban J connectivity index is 0.000000583. The van der Waals surface area contributed by atoms with E-state index in [4.69, 9.17) is 4.74 Å². The first-order valence-corrected chi connectivity index (χ1v) is 6.04. The van der Waals surface area contributed by atoms with E-state index in [-0.39, 0.29) is 0 Å². The Morgan fingerprint density at radius 3 is 2.13 bits per heavy atom. The Hall–Kier alpha value is -0.720. The molecule has 15 heavy (non-hydrogen) atoms. The Morgan fingerprint density at radius 2 is 1.73 bits per heavy atom. The normalized spacial score (nSPS) is 18.3. The molecule has 0 unspecified atom stereocenters. The minimum atomic E-state index is 0.479. The molecule has 1 aliphatic rings. The summed E-state index contributed by atoms with van der Waals surface area (Å²) in [5.41, 5.74) is 0.479. The maximum atomic E-state index is 5.33. The first-order valence-electron chi connectivity index (χ1n) is 6.04. The van der Waals surface area contributed by atoms with Crippen molar-refractivity contribution in [1.29, 1.82) is 0 Å². The maximum absolute atomic E-state index is 5.33. The van der Waals surface area contributed by atoms with Gasteiger partial charge in [-0.2, -0.15) is 0 Å². The lowest BCUT2D eigenvalue weighted by molar-refractivity contribution is 0.0668. The van der Waals surface area contributed by atoms with Crippen LogP contribution in [0.15, 0.2) is 25.5 Å². The molecule has 88 valence electrons. The number of rotatable bonds is 4. The van der Waals surface area contributed by atoms with Crippen molar-refractivity contribution < 1.29 is 4.74 Å². The molecule has 0 saturated heterocycles. The SMILES string of the molecule is C=CC.C=COCC1(CC)CCCCC1. The van der Waals surface area contributed by atoms with Crippen LogP contribution < -0.4 is 0 Å². The van der Waals surface area contributed by atoms with Crippen molar-refractivity contribution in [2.45, 2.75) is 52.4 Å². The van der Waals surface area contributed by atoms with Crippen LogP contribution in [0.4, 0.5) is 0 Å². The largest absolute Gasteiger partial charge is 0.501 e. The van der Waals surface area contributed by atoms with Gasteiger partial charge < -0.3 is 4.74 Å². The molecule has 0 N–H and O–H groups in total. The monoisotopic (exact) mass is 210 g/mol. The van der Waals surface area contributed by atoms with Gasteiger partial charge in [0.25, 0.3) is 0 Å². The summed E-state index contributed by atoms with van der Waals surface area (Å²) in [6.07, 6.45) is 11.4.